The van der Waals surface area contributed by atoms with Gasteiger partial charge in [0.2, 0.25) is 5.91 Å². The Balaban J connectivity index is 2.25. The van der Waals surface area contributed by atoms with Crippen molar-refractivity contribution in [1.82, 2.24) is 4.90 Å². The van der Waals surface area contributed by atoms with Crippen LogP contribution in [0.15, 0.2) is 36.0 Å². The average Bonchev–Trinajstić information content (AvgIpc) is 2.65. The smallest absolute Gasteiger partial charge is 0.250 e. The van der Waals surface area contributed by atoms with E-state index >= 15 is 0 Å². The van der Waals surface area contributed by atoms with Gasteiger partial charge in [-0.3, -0.25) is 4.79 Å². The maximum atomic E-state index is 11.7. The number of allylic oxidation sites excluding steroid dienone is 1. The molecule has 2 aliphatic heterocycles. The molecule has 68 valence electrons. The van der Waals surface area contributed by atoms with Gasteiger partial charge in [-0.1, -0.05) is 24.8 Å². The highest BCUT2D eigenvalue weighted by atomic mass is 16.2. The van der Waals surface area contributed by atoms with Gasteiger partial charge < -0.3 is 4.90 Å². The van der Waals surface area contributed by atoms with Gasteiger partial charge in [-0.15, -0.1) is 0 Å². The summed E-state index contributed by atoms with van der Waals surface area (Å²) in [6, 6.07) is 0.298. The number of fused-ring (bicyclic) bond motifs is 1. The van der Waals surface area contributed by atoms with Crippen LogP contribution in [0.5, 0.6) is 0 Å². The number of hydrogen-bond donors (Lipinski definition) is 0. The van der Waals surface area contributed by atoms with E-state index in [9.17, 15) is 4.79 Å². The van der Waals surface area contributed by atoms with Crippen LogP contribution in [0.25, 0.3) is 0 Å². The molecule has 0 bridgehead atoms. The van der Waals surface area contributed by atoms with Crippen molar-refractivity contribution < 1.29 is 4.79 Å². The highest BCUT2D eigenvalue weighted by Gasteiger charge is 2.36. The van der Waals surface area contributed by atoms with E-state index in [-0.39, 0.29) is 5.91 Å². The van der Waals surface area contributed by atoms with E-state index in [4.69, 9.17) is 0 Å². The normalized spacial score (nSPS) is 29.5. The van der Waals surface area contributed by atoms with E-state index in [2.05, 4.69) is 12.7 Å². The molecule has 0 spiro atoms. The number of hydrogen-bond acceptors (Lipinski definition) is 1. The fraction of sp³-hybridized carbons (Fsp3) is 0.364. The number of carbonyl (C=O) groups is 1. The van der Waals surface area contributed by atoms with E-state index < -0.39 is 0 Å². The van der Waals surface area contributed by atoms with Crippen LogP contribution in [-0.4, -0.2) is 23.4 Å². The summed E-state index contributed by atoms with van der Waals surface area (Å²) in [5.41, 5.74) is 2.12. The van der Waals surface area contributed by atoms with Gasteiger partial charge in [-0.25, -0.2) is 0 Å². The summed E-state index contributed by atoms with van der Waals surface area (Å²) in [7, 11) is 0. The molecule has 1 fully saturated rings. The van der Waals surface area contributed by atoms with E-state index in [0.717, 1.165) is 18.5 Å². The van der Waals surface area contributed by atoms with Gasteiger partial charge in [0, 0.05) is 18.5 Å². The Morgan fingerprint density at radius 2 is 2.46 bits per heavy atom. The van der Waals surface area contributed by atoms with Crippen LogP contribution in [0.2, 0.25) is 0 Å². The largest absolute Gasteiger partial charge is 0.328 e. The second kappa shape index (κ2) is 2.87. The zero-order valence-electron chi connectivity index (χ0n) is 7.79. The first kappa shape index (κ1) is 8.30. The lowest BCUT2D eigenvalue weighted by atomic mass is 10.1. The van der Waals surface area contributed by atoms with Crippen molar-refractivity contribution in [1.29, 1.82) is 0 Å². The summed E-state index contributed by atoms with van der Waals surface area (Å²) < 4.78 is 0. The summed E-state index contributed by atoms with van der Waals surface area (Å²) in [5.74, 6) is 0.195. The van der Waals surface area contributed by atoms with Gasteiger partial charge in [-0.05, 0) is 12.5 Å². The molecule has 0 saturated carbocycles. The van der Waals surface area contributed by atoms with Gasteiger partial charge in [0.15, 0.2) is 0 Å². The Morgan fingerprint density at radius 1 is 1.69 bits per heavy atom. The molecular formula is C11H13NO. The molecule has 0 aromatic heterocycles. The third kappa shape index (κ3) is 1.13. The number of amides is 1. The molecule has 0 radical (unpaired) electrons. The first-order valence-corrected chi connectivity index (χ1v) is 4.55. The molecular weight excluding hydrogens is 162 g/mol. The molecule has 1 atom stereocenters. The summed E-state index contributed by atoms with van der Waals surface area (Å²) in [4.78, 5) is 13.6. The van der Waals surface area contributed by atoms with Crippen LogP contribution in [0.4, 0.5) is 0 Å². The van der Waals surface area contributed by atoms with Crippen molar-refractivity contribution in [3.63, 3.8) is 0 Å². The lowest BCUT2D eigenvalue weighted by molar-refractivity contribution is -0.124. The van der Waals surface area contributed by atoms with Crippen molar-refractivity contribution in [2.24, 2.45) is 0 Å². The fourth-order valence-electron chi connectivity index (χ4n) is 1.97. The Hall–Kier alpha value is -1.31. The van der Waals surface area contributed by atoms with Gasteiger partial charge >= 0.3 is 0 Å². The lowest BCUT2D eigenvalue weighted by Gasteiger charge is -2.13. The molecule has 0 aliphatic carbocycles. The first-order valence-electron chi connectivity index (χ1n) is 4.55. The highest BCUT2D eigenvalue weighted by Crippen LogP contribution is 2.30. The van der Waals surface area contributed by atoms with E-state index in [0.29, 0.717) is 6.04 Å². The molecule has 2 heterocycles. The quantitative estimate of drug-likeness (QED) is 0.555. The molecule has 2 nitrogen and oxygen atoms in total. The molecule has 0 aromatic carbocycles. The second-order valence-corrected chi connectivity index (χ2v) is 3.46. The predicted molar refractivity (Wildman–Crippen MR) is 52.2 cm³/mol. The maximum absolute atomic E-state index is 11.7. The predicted octanol–water partition coefficient (Wildman–Crippen LogP) is 1.66. The van der Waals surface area contributed by atoms with Crippen molar-refractivity contribution >= 4 is 5.91 Å². The minimum atomic E-state index is 0.195. The molecule has 1 unspecified atom stereocenters. The lowest BCUT2D eigenvalue weighted by Crippen LogP contribution is -2.28. The molecule has 2 aliphatic rings. The molecule has 2 rings (SSSR count). The van der Waals surface area contributed by atoms with Gasteiger partial charge in [0.1, 0.15) is 0 Å². The third-order valence-corrected chi connectivity index (χ3v) is 2.73. The molecule has 2 heteroatoms. The Bertz CT molecular complexity index is 325. The third-order valence-electron chi connectivity index (χ3n) is 2.73. The van der Waals surface area contributed by atoms with Crippen LogP contribution in [0.1, 0.15) is 13.3 Å². The van der Waals surface area contributed by atoms with Gasteiger partial charge in [0.25, 0.3) is 0 Å². The van der Waals surface area contributed by atoms with Gasteiger partial charge in [0.05, 0.1) is 6.04 Å². The summed E-state index contributed by atoms with van der Waals surface area (Å²) in [5, 5.41) is 0. The van der Waals surface area contributed by atoms with Crippen molar-refractivity contribution in [3.05, 3.63) is 36.0 Å². The van der Waals surface area contributed by atoms with Crippen LogP contribution in [0, 0.1) is 0 Å². The SMILES string of the molecule is C=CC1=CC2C/C(=C/C)C(=O)N2C1. The Labute approximate surface area is 78.2 Å². The highest BCUT2D eigenvalue weighted by molar-refractivity contribution is 5.97. The standard InChI is InChI=1S/C11H13NO/c1-3-8-5-10-6-9(4-2)11(13)12(10)7-8/h3-5,10H,1,6-7H2,2H3/b9-4-. The summed E-state index contributed by atoms with van der Waals surface area (Å²) in [6.45, 7) is 6.38. The second-order valence-electron chi connectivity index (χ2n) is 3.46. The topological polar surface area (TPSA) is 20.3 Å². The number of rotatable bonds is 1. The van der Waals surface area contributed by atoms with Crippen LogP contribution in [0.3, 0.4) is 0 Å². The van der Waals surface area contributed by atoms with E-state index in [1.807, 2.05) is 24.0 Å². The minimum absolute atomic E-state index is 0.195. The number of carbonyl (C=O) groups excluding carboxylic acids is 1. The summed E-state index contributed by atoms with van der Waals surface area (Å²) in [6.07, 6.45) is 6.76. The number of nitrogens with zero attached hydrogens (tertiary/aromatic N) is 1. The maximum Gasteiger partial charge on any atom is 0.250 e. The monoisotopic (exact) mass is 175 g/mol. The van der Waals surface area contributed by atoms with Gasteiger partial charge in [-0.2, -0.15) is 0 Å². The van der Waals surface area contributed by atoms with Crippen LogP contribution < -0.4 is 0 Å². The fourth-order valence-corrected chi connectivity index (χ4v) is 1.97. The molecule has 13 heavy (non-hydrogen) atoms. The van der Waals surface area contributed by atoms with Crippen molar-refractivity contribution in [2.45, 2.75) is 19.4 Å². The minimum Gasteiger partial charge on any atom is -0.328 e. The van der Waals surface area contributed by atoms with Crippen molar-refractivity contribution in [2.75, 3.05) is 6.54 Å². The molecule has 0 aromatic rings. The average molecular weight is 175 g/mol. The summed E-state index contributed by atoms with van der Waals surface area (Å²) >= 11 is 0. The van der Waals surface area contributed by atoms with E-state index in [1.165, 1.54) is 5.57 Å². The Kier molecular flexibility index (Phi) is 1.83. The Morgan fingerprint density at radius 3 is 3.00 bits per heavy atom. The molecule has 1 amide bonds. The molecule has 0 N–H and O–H groups in total. The van der Waals surface area contributed by atoms with E-state index in [1.54, 1.807) is 0 Å². The first-order chi connectivity index (χ1) is 6.26. The van der Waals surface area contributed by atoms with Crippen LogP contribution >= 0.6 is 0 Å². The molecule has 1 saturated heterocycles. The zero-order chi connectivity index (χ0) is 9.42. The van der Waals surface area contributed by atoms with Crippen LogP contribution in [-0.2, 0) is 4.79 Å². The zero-order valence-corrected chi connectivity index (χ0v) is 7.79. The van der Waals surface area contributed by atoms with Crippen molar-refractivity contribution in [3.8, 4) is 0 Å².